The van der Waals surface area contributed by atoms with Crippen LogP contribution in [-0.4, -0.2) is 47.3 Å². The Morgan fingerprint density at radius 3 is 2.32 bits per heavy atom. The third-order valence-electron chi connectivity index (χ3n) is 7.46. The van der Waals surface area contributed by atoms with Crippen LogP contribution in [0.15, 0.2) is 42.5 Å². The van der Waals surface area contributed by atoms with Crippen LogP contribution in [0.1, 0.15) is 91.7 Å². The molecule has 37 heavy (non-hydrogen) atoms. The first-order chi connectivity index (χ1) is 17.4. The predicted octanol–water partition coefficient (Wildman–Crippen LogP) is 4.49. The Morgan fingerprint density at radius 1 is 1.11 bits per heavy atom. The van der Waals surface area contributed by atoms with Gasteiger partial charge in [0.1, 0.15) is 6.04 Å². The quantitative estimate of drug-likeness (QED) is 0.359. The number of benzene rings is 1. The summed E-state index contributed by atoms with van der Waals surface area (Å²) in [5.41, 5.74) is 7.23. The second kappa shape index (κ2) is 13.8. The number of nitrogens with zero attached hydrogens (tertiary/aromatic N) is 1. The Morgan fingerprint density at radius 2 is 1.76 bits per heavy atom. The minimum atomic E-state index is -0.695. The van der Waals surface area contributed by atoms with E-state index in [-0.39, 0.29) is 29.7 Å². The second-order valence-electron chi connectivity index (χ2n) is 11.5. The van der Waals surface area contributed by atoms with E-state index in [0.29, 0.717) is 18.5 Å². The van der Waals surface area contributed by atoms with Crippen LogP contribution in [0.25, 0.3) is 0 Å². The van der Waals surface area contributed by atoms with E-state index < -0.39 is 23.5 Å². The number of likely N-dealkylation sites (tertiary alicyclic amines) is 1. The van der Waals surface area contributed by atoms with E-state index in [0.717, 1.165) is 37.7 Å². The monoisotopic (exact) mass is 512 g/mol. The van der Waals surface area contributed by atoms with Crippen LogP contribution in [0.5, 0.6) is 0 Å². The highest BCUT2D eigenvalue weighted by Crippen LogP contribution is 2.32. The van der Waals surface area contributed by atoms with Crippen molar-refractivity contribution >= 4 is 17.7 Å². The summed E-state index contributed by atoms with van der Waals surface area (Å²) in [5, 5.41) is 6.09. The van der Waals surface area contributed by atoms with Crippen LogP contribution in [0, 0.1) is 11.3 Å². The average Bonchev–Trinajstić information content (AvgIpc) is 3.29. The highest BCUT2D eigenvalue weighted by atomic mass is 16.2. The van der Waals surface area contributed by atoms with E-state index in [1.54, 1.807) is 4.90 Å². The average molecular weight is 513 g/mol. The van der Waals surface area contributed by atoms with Gasteiger partial charge in [-0.1, -0.05) is 90.8 Å². The maximum absolute atomic E-state index is 13.7. The number of amides is 3. The summed E-state index contributed by atoms with van der Waals surface area (Å²) in [4.78, 5) is 41.9. The standard InChI is InChI=1S/C30H48N4O3/c1-8-10-15-23-18-19-34(29(37)26(31)30(5,6)7)25(23)28(36)33-24(14-9-2)20(3)27(35)32-21(4)22-16-12-11-13-17-22/h11-13,16-17,21,23-26H,3,8-10,14-15,18-19,31H2,1-2,4-7H3,(H,32,35)(H,33,36)/t21-,23-,24?,25-,26+/m0/s1. The molecule has 1 fully saturated rings. The van der Waals surface area contributed by atoms with E-state index in [2.05, 4.69) is 24.1 Å². The van der Waals surface area contributed by atoms with Gasteiger partial charge in [0.2, 0.25) is 17.7 Å². The Labute approximate surface area is 223 Å². The van der Waals surface area contributed by atoms with Crippen molar-refractivity contribution in [2.75, 3.05) is 6.54 Å². The van der Waals surface area contributed by atoms with Gasteiger partial charge in [0.25, 0.3) is 0 Å². The molecule has 1 aromatic carbocycles. The molecule has 4 N–H and O–H groups in total. The van der Waals surface area contributed by atoms with Crippen molar-refractivity contribution in [1.82, 2.24) is 15.5 Å². The Hall–Kier alpha value is -2.67. The predicted molar refractivity (Wildman–Crippen MR) is 150 cm³/mol. The molecule has 1 aliphatic rings. The van der Waals surface area contributed by atoms with Crippen LogP contribution in [0.3, 0.4) is 0 Å². The highest BCUT2D eigenvalue weighted by molar-refractivity contribution is 5.96. The van der Waals surface area contributed by atoms with Crippen LogP contribution in [0.2, 0.25) is 0 Å². The topological polar surface area (TPSA) is 105 Å². The Balaban J connectivity index is 2.20. The number of unbranched alkanes of at least 4 members (excludes halogenated alkanes) is 1. The Kier molecular flexibility index (Phi) is 11.4. The van der Waals surface area contributed by atoms with Gasteiger partial charge in [-0.15, -0.1) is 0 Å². The molecule has 0 bridgehead atoms. The molecule has 1 saturated heterocycles. The summed E-state index contributed by atoms with van der Waals surface area (Å²) in [6.45, 7) is 16.4. The van der Waals surface area contributed by atoms with Gasteiger partial charge < -0.3 is 21.3 Å². The zero-order valence-electron chi connectivity index (χ0n) is 23.7. The number of carbonyl (C=O) groups excluding carboxylic acids is 3. The second-order valence-corrected chi connectivity index (χ2v) is 11.5. The molecule has 1 heterocycles. The summed E-state index contributed by atoms with van der Waals surface area (Å²) in [6.07, 6.45) is 5.02. The van der Waals surface area contributed by atoms with Gasteiger partial charge in [0, 0.05) is 12.1 Å². The number of carbonyl (C=O) groups is 3. The van der Waals surface area contributed by atoms with Crippen LogP contribution < -0.4 is 16.4 Å². The van der Waals surface area contributed by atoms with Crippen molar-refractivity contribution in [1.29, 1.82) is 0 Å². The fourth-order valence-electron chi connectivity index (χ4n) is 4.93. The largest absolute Gasteiger partial charge is 0.347 e. The lowest BCUT2D eigenvalue weighted by Gasteiger charge is -2.34. The van der Waals surface area contributed by atoms with E-state index >= 15 is 0 Å². The van der Waals surface area contributed by atoms with E-state index in [1.165, 1.54) is 0 Å². The van der Waals surface area contributed by atoms with E-state index in [9.17, 15) is 14.4 Å². The SMILES string of the molecule is C=C(C(=O)N[C@@H](C)c1ccccc1)C(CCC)NC(=O)[C@@H]1[C@@H](CCCC)CCN1C(=O)[C@@H](N)C(C)(C)C. The first-order valence-corrected chi connectivity index (χ1v) is 13.8. The number of nitrogens with one attached hydrogen (secondary N) is 2. The molecule has 1 aliphatic heterocycles. The molecule has 3 amide bonds. The van der Waals surface area contributed by atoms with Gasteiger partial charge in [-0.25, -0.2) is 0 Å². The molecule has 0 aromatic heterocycles. The van der Waals surface area contributed by atoms with Gasteiger partial charge in [-0.05, 0) is 43.1 Å². The molecule has 0 aliphatic carbocycles. The van der Waals surface area contributed by atoms with Gasteiger partial charge in [0.05, 0.1) is 18.1 Å². The summed E-state index contributed by atoms with van der Waals surface area (Å²) >= 11 is 0. The lowest BCUT2D eigenvalue weighted by molar-refractivity contribution is -0.142. The Bertz CT molecular complexity index is 925. The highest BCUT2D eigenvalue weighted by Gasteiger charge is 2.44. The molecule has 2 rings (SSSR count). The summed E-state index contributed by atoms with van der Waals surface area (Å²) < 4.78 is 0. The number of hydrogen-bond donors (Lipinski definition) is 3. The van der Waals surface area contributed by atoms with E-state index in [4.69, 9.17) is 5.73 Å². The summed E-state index contributed by atoms with van der Waals surface area (Å²) in [6, 6.07) is 7.73. The fraction of sp³-hybridized carbons (Fsp3) is 0.633. The smallest absolute Gasteiger partial charge is 0.249 e. The molecule has 7 heteroatoms. The number of rotatable bonds is 12. The number of hydrogen-bond acceptors (Lipinski definition) is 4. The maximum atomic E-state index is 13.7. The van der Waals surface area contributed by atoms with Gasteiger partial charge >= 0.3 is 0 Å². The molecule has 5 atom stereocenters. The zero-order chi connectivity index (χ0) is 27.8. The molecule has 1 aromatic rings. The van der Waals surface area contributed by atoms with Gasteiger partial charge in [-0.2, -0.15) is 0 Å². The fourth-order valence-corrected chi connectivity index (χ4v) is 4.93. The third-order valence-corrected chi connectivity index (χ3v) is 7.46. The lowest BCUT2D eigenvalue weighted by Crippen LogP contribution is -2.57. The third kappa shape index (κ3) is 8.16. The molecule has 7 nitrogen and oxygen atoms in total. The molecule has 0 saturated carbocycles. The van der Waals surface area contributed by atoms with Gasteiger partial charge in [-0.3, -0.25) is 14.4 Å². The van der Waals surface area contributed by atoms with Crippen molar-refractivity contribution in [2.45, 2.75) is 104 Å². The normalized spacial score (nSPS) is 20.1. The molecule has 0 radical (unpaired) electrons. The molecule has 0 spiro atoms. The zero-order valence-corrected chi connectivity index (χ0v) is 23.7. The van der Waals surface area contributed by atoms with Crippen molar-refractivity contribution in [2.24, 2.45) is 17.1 Å². The molecule has 206 valence electrons. The van der Waals surface area contributed by atoms with Crippen LogP contribution in [-0.2, 0) is 14.4 Å². The van der Waals surface area contributed by atoms with Crippen molar-refractivity contribution in [3.8, 4) is 0 Å². The van der Waals surface area contributed by atoms with Crippen LogP contribution >= 0.6 is 0 Å². The first-order valence-electron chi connectivity index (χ1n) is 13.8. The van der Waals surface area contributed by atoms with E-state index in [1.807, 2.05) is 65.0 Å². The van der Waals surface area contributed by atoms with Crippen molar-refractivity contribution in [3.05, 3.63) is 48.0 Å². The minimum Gasteiger partial charge on any atom is -0.347 e. The molecule has 1 unspecified atom stereocenters. The first kappa shape index (κ1) is 30.6. The molecular formula is C30H48N4O3. The summed E-state index contributed by atoms with van der Waals surface area (Å²) in [5.74, 6) is -0.631. The van der Waals surface area contributed by atoms with Crippen molar-refractivity contribution in [3.63, 3.8) is 0 Å². The van der Waals surface area contributed by atoms with Crippen LogP contribution in [0.4, 0.5) is 0 Å². The molecular weight excluding hydrogens is 464 g/mol. The van der Waals surface area contributed by atoms with Gasteiger partial charge in [0.15, 0.2) is 0 Å². The minimum absolute atomic E-state index is 0.0681. The summed E-state index contributed by atoms with van der Waals surface area (Å²) in [7, 11) is 0. The maximum Gasteiger partial charge on any atom is 0.249 e. The number of nitrogens with two attached hydrogens (primary N) is 1. The lowest BCUT2D eigenvalue weighted by atomic mass is 9.86. The van der Waals surface area contributed by atoms with Crippen molar-refractivity contribution < 1.29 is 14.4 Å².